The number of likely N-dealkylation sites (tertiary alicyclic amines) is 1. The number of hydrogen-bond acceptors (Lipinski definition) is 4. The molecule has 1 fully saturated rings. The molecule has 3 aromatic carbocycles. The Balaban J connectivity index is 1.53. The molecule has 4 aromatic rings. The van der Waals surface area contributed by atoms with Crippen LogP contribution in [0.2, 0.25) is 5.02 Å². The predicted molar refractivity (Wildman–Crippen MR) is 154 cm³/mol. The second kappa shape index (κ2) is 11.4. The maximum absolute atomic E-state index is 14.8. The van der Waals surface area contributed by atoms with Crippen molar-refractivity contribution in [2.45, 2.75) is 44.8 Å². The fourth-order valence-corrected chi connectivity index (χ4v) is 6.19. The van der Waals surface area contributed by atoms with Crippen LogP contribution in [-0.2, 0) is 12.1 Å². The molecule has 2 atom stereocenters. The van der Waals surface area contributed by atoms with Crippen LogP contribution in [0, 0.1) is 11.7 Å². The third-order valence-corrected chi connectivity index (χ3v) is 8.19. The van der Waals surface area contributed by atoms with E-state index in [1.165, 1.54) is 12.1 Å². The molecule has 1 amide bonds. The number of carbonyl (C=O) groups excluding carboxylic acids is 1. The van der Waals surface area contributed by atoms with Gasteiger partial charge < -0.3 is 15.7 Å². The highest BCUT2D eigenvalue weighted by molar-refractivity contribution is 6.33. The number of halogens is 2. The highest BCUT2D eigenvalue weighted by Gasteiger charge is 2.43. The number of aliphatic hydroxyl groups is 1. The SMILES string of the molecule is CCCC(O)(c1cccc(Cl)c1-c1cnc2ccccc2c1)C1CCCN(C(=O)c2ccc(CN)cc2F)C1. The van der Waals surface area contributed by atoms with E-state index in [2.05, 4.69) is 4.98 Å². The number of benzene rings is 3. The van der Waals surface area contributed by atoms with Crippen molar-refractivity contribution in [3.8, 4) is 11.1 Å². The number of para-hydroxylation sites is 1. The quantitative estimate of drug-likeness (QED) is 0.271. The Labute approximate surface area is 233 Å². The maximum atomic E-state index is 14.8. The van der Waals surface area contributed by atoms with E-state index in [4.69, 9.17) is 17.3 Å². The topological polar surface area (TPSA) is 79.5 Å². The highest BCUT2D eigenvalue weighted by Crippen LogP contribution is 2.46. The minimum absolute atomic E-state index is 0.0255. The van der Waals surface area contributed by atoms with E-state index in [0.717, 1.165) is 40.4 Å². The Bertz CT molecular complexity index is 1510. The number of nitrogens with zero attached hydrogens (tertiary/aromatic N) is 2. The molecule has 7 heteroatoms. The summed E-state index contributed by atoms with van der Waals surface area (Å²) in [6.45, 7) is 3.06. The number of aromatic nitrogens is 1. The Kier molecular flexibility index (Phi) is 7.98. The number of carbonyl (C=O) groups is 1. The molecule has 5 nitrogen and oxygen atoms in total. The van der Waals surface area contributed by atoms with Gasteiger partial charge in [0.1, 0.15) is 5.82 Å². The maximum Gasteiger partial charge on any atom is 0.256 e. The monoisotopic (exact) mass is 545 g/mol. The van der Waals surface area contributed by atoms with Gasteiger partial charge in [0.05, 0.1) is 16.7 Å². The van der Waals surface area contributed by atoms with Gasteiger partial charge >= 0.3 is 0 Å². The van der Waals surface area contributed by atoms with Crippen molar-refractivity contribution in [3.63, 3.8) is 0 Å². The molecule has 0 spiro atoms. The predicted octanol–water partition coefficient (Wildman–Crippen LogP) is 6.69. The van der Waals surface area contributed by atoms with Gasteiger partial charge in [-0.2, -0.15) is 0 Å². The summed E-state index contributed by atoms with van der Waals surface area (Å²) in [5, 5.41) is 14.0. The number of pyridine rings is 1. The van der Waals surface area contributed by atoms with Crippen LogP contribution in [0.4, 0.5) is 4.39 Å². The van der Waals surface area contributed by atoms with Crippen LogP contribution in [0.15, 0.2) is 72.9 Å². The summed E-state index contributed by atoms with van der Waals surface area (Å²) >= 11 is 6.81. The summed E-state index contributed by atoms with van der Waals surface area (Å²) in [6.07, 6.45) is 4.46. The van der Waals surface area contributed by atoms with Crippen LogP contribution >= 0.6 is 11.6 Å². The summed E-state index contributed by atoms with van der Waals surface area (Å²) in [5.41, 5.74) is 8.23. The summed E-state index contributed by atoms with van der Waals surface area (Å²) in [6, 6.07) is 20.0. The fraction of sp³-hybridized carbons (Fsp3) is 0.312. The zero-order valence-corrected chi connectivity index (χ0v) is 22.8. The second-order valence-corrected chi connectivity index (χ2v) is 10.8. The summed E-state index contributed by atoms with van der Waals surface area (Å²) in [5.74, 6) is -1.20. The largest absolute Gasteiger partial charge is 0.385 e. The van der Waals surface area contributed by atoms with Gasteiger partial charge in [-0.1, -0.05) is 61.3 Å². The van der Waals surface area contributed by atoms with E-state index in [0.29, 0.717) is 36.5 Å². The number of hydrogen-bond donors (Lipinski definition) is 2. The molecule has 2 heterocycles. The lowest BCUT2D eigenvalue weighted by molar-refractivity contribution is -0.0556. The van der Waals surface area contributed by atoms with Gasteiger partial charge in [0, 0.05) is 53.3 Å². The van der Waals surface area contributed by atoms with Crippen molar-refractivity contribution in [2.24, 2.45) is 11.7 Å². The zero-order chi connectivity index (χ0) is 27.6. The Morgan fingerprint density at radius 3 is 2.77 bits per heavy atom. The first kappa shape index (κ1) is 27.3. The number of rotatable bonds is 7. The summed E-state index contributed by atoms with van der Waals surface area (Å²) in [7, 11) is 0. The van der Waals surface area contributed by atoms with Crippen LogP contribution in [0.3, 0.4) is 0 Å². The molecule has 0 bridgehead atoms. The molecule has 1 aliphatic heterocycles. The lowest BCUT2D eigenvalue weighted by atomic mass is 9.72. The van der Waals surface area contributed by atoms with E-state index >= 15 is 0 Å². The van der Waals surface area contributed by atoms with Crippen molar-refractivity contribution in [1.29, 1.82) is 0 Å². The average Bonchev–Trinajstić information content (AvgIpc) is 2.96. The highest BCUT2D eigenvalue weighted by atomic mass is 35.5. The van der Waals surface area contributed by atoms with E-state index in [1.807, 2.05) is 55.5 Å². The van der Waals surface area contributed by atoms with Crippen molar-refractivity contribution < 1.29 is 14.3 Å². The number of amides is 1. The van der Waals surface area contributed by atoms with Gasteiger partial charge in [-0.3, -0.25) is 9.78 Å². The number of nitrogens with two attached hydrogens (primary N) is 1. The van der Waals surface area contributed by atoms with Crippen LogP contribution in [0.1, 0.15) is 54.1 Å². The lowest BCUT2D eigenvalue weighted by Crippen LogP contribution is -2.48. The molecule has 5 rings (SSSR count). The van der Waals surface area contributed by atoms with Crippen molar-refractivity contribution in [1.82, 2.24) is 9.88 Å². The first-order valence-corrected chi connectivity index (χ1v) is 13.9. The van der Waals surface area contributed by atoms with Crippen molar-refractivity contribution in [3.05, 3.63) is 100 Å². The molecule has 1 aromatic heterocycles. The third kappa shape index (κ3) is 5.29. The molecular weight excluding hydrogens is 513 g/mol. The molecule has 0 radical (unpaired) electrons. The van der Waals surface area contributed by atoms with E-state index in [1.54, 1.807) is 17.2 Å². The zero-order valence-electron chi connectivity index (χ0n) is 22.0. The van der Waals surface area contributed by atoms with Gasteiger partial charge in [-0.05, 0) is 60.7 Å². The second-order valence-electron chi connectivity index (χ2n) is 10.4. The van der Waals surface area contributed by atoms with Crippen LogP contribution in [0.25, 0.3) is 22.0 Å². The first-order valence-electron chi connectivity index (χ1n) is 13.5. The van der Waals surface area contributed by atoms with E-state index in [-0.39, 0.29) is 23.9 Å². The van der Waals surface area contributed by atoms with Crippen molar-refractivity contribution in [2.75, 3.05) is 13.1 Å². The van der Waals surface area contributed by atoms with E-state index < -0.39 is 11.4 Å². The van der Waals surface area contributed by atoms with Crippen molar-refractivity contribution >= 4 is 28.4 Å². The van der Waals surface area contributed by atoms with Crippen LogP contribution in [0.5, 0.6) is 0 Å². The molecule has 1 aliphatic rings. The third-order valence-electron chi connectivity index (χ3n) is 7.87. The number of piperidine rings is 1. The van der Waals surface area contributed by atoms with Gasteiger partial charge in [0.25, 0.3) is 5.91 Å². The smallest absolute Gasteiger partial charge is 0.256 e. The molecule has 0 aliphatic carbocycles. The number of fused-ring (bicyclic) bond motifs is 1. The summed E-state index contributed by atoms with van der Waals surface area (Å²) in [4.78, 5) is 19.7. The van der Waals surface area contributed by atoms with Gasteiger partial charge in [0.2, 0.25) is 0 Å². The molecule has 39 heavy (non-hydrogen) atoms. The Hall–Kier alpha value is -3.32. The fourth-order valence-electron chi connectivity index (χ4n) is 5.91. The van der Waals surface area contributed by atoms with E-state index in [9.17, 15) is 14.3 Å². The van der Waals surface area contributed by atoms with Crippen LogP contribution in [-0.4, -0.2) is 34.0 Å². The minimum atomic E-state index is -1.25. The molecule has 202 valence electrons. The molecule has 0 saturated carbocycles. The molecule has 1 saturated heterocycles. The lowest BCUT2D eigenvalue weighted by Gasteiger charge is -2.43. The van der Waals surface area contributed by atoms with Crippen LogP contribution < -0.4 is 5.73 Å². The molecular formula is C32H33ClFN3O2. The first-order chi connectivity index (χ1) is 18.9. The minimum Gasteiger partial charge on any atom is -0.385 e. The van der Waals surface area contributed by atoms with Gasteiger partial charge in [0.15, 0.2) is 0 Å². The average molecular weight is 546 g/mol. The summed E-state index contributed by atoms with van der Waals surface area (Å²) < 4.78 is 14.8. The normalized spacial score (nSPS) is 17.3. The Morgan fingerprint density at radius 2 is 2.00 bits per heavy atom. The van der Waals surface area contributed by atoms with Gasteiger partial charge in [-0.15, -0.1) is 0 Å². The standard InChI is InChI=1S/C32H33ClFN3O2/c1-2-14-32(39,24-8-6-15-37(20-24)31(38)25-13-12-21(18-35)16-28(25)34)26-9-5-10-27(33)30(26)23-17-22-7-3-4-11-29(22)36-19-23/h3-5,7,9-13,16-17,19,24,39H,2,6,8,14-15,18,20,35H2,1H3. The van der Waals surface area contributed by atoms with Gasteiger partial charge in [-0.25, -0.2) is 4.39 Å². The molecule has 3 N–H and O–H groups in total. The Morgan fingerprint density at radius 1 is 1.18 bits per heavy atom. The molecule has 2 unspecified atom stereocenters.